The van der Waals surface area contributed by atoms with Gasteiger partial charge in [-0.25, -0.2) is 0 Å². The first-order valence-electron chi connectivity index (χ1n) is 1.64. The monoisotopic (exact) mass is 79.0 g/mol. The van der Waals surface area contributed by atoms with Gasteiger partial charge in [-0.05, 0) is 0 Å². The summed E-state index contributed by atoms with van der Waals surface area (Å²) in [6.45, 7) is 1.42. The van der Waals surface area contributed by atoms with Gasteiger partial charge in [0.15, 0.2) is 0 Å². The molecule has 1 heterocycles. The molecule has 0 aromatic rings. The summed E-state index contributed by atoms with van der Waals surface area (Å²) >= 11 is 0. The molecule has 2 nitrogen and oxygen atoms in total. The molecule has 0 aliphatic carbocycles. The van der Waals surface area contributed by atoms with E-state index in [0.29, 0.717) is 0 Å². The Bertz CT molecular complexity index is 113. The van der Waals surface area contributed by atoms with Gasteiger partial charge in [0, 0.05) is 0 Å². The van der Waals surface area contributed by atoms with Crippen molar-refractivity contribution in [1.82, 2.24) is 0 Å². The Morgan fingerprint density at radius 3 is 2.83 bits per heavy atom. The van der Waals surface area contributed by atoms with Gasteiger partial charge in [-0.3, -0.25) is 0 Å². The Morgan fingerprint density at radius 2 is 2.67 bits per heavy atom. The van der Waals surface area contributed by atoms with Crippen LogP contribution >= 0.6 is 0 Å². The van der Waals surface area contributed by atoms with E-state index < -0.39 is 0 Å². The molecule has 0 saturated carbocycles. The quantitative estimate of drug-likeness (QED) is 0.366. The van der Waals surface area contributed by atoms with Gasteiger partial charge in [-0.1, -0.05) is 0 Å². The Kier molecular flexibility index (Phi) is 0.672. The zero-order valence-electron chi connectivity index (χ0n) is 3.09. The van der Waals surface area contributed by atoms with E-state index in [-0.39, 0.29) is 5.81 Å². The molecule has 0 aromatic carbocycles. The van der Waals surface area contributed by atoms with E-state index in [9.17, 15) is 4.79 Å². The second-order valence-corrected chi connectivity index (χ2v) is 0.976. The number of hydrogen-bond acceptors (Lipinski definition) is 1. The Hall–Kier alpha value is -0.725. The molecule has 0 saturated heterocycles. The van der Waals surface area contributed by atoms with E-state index in [1.165, 1.54) is 13.1 Å². The van der Waals surface area contributed by atoms with E-state index >= 15 is 0 Å². The average molecular weight is 78.9 g/mol. The van der Waals surface area contributed by atoms with Crippen LogP contribution in [0.3, 0.4) is 0 Å². The van der Waals surface area contributed by atoms with Crippen LogP contribution in [0.15, 0.2) is 4.99 Å². The predicted molar refractivity (Wildman–Crippen MR) is 25.7 cm³/mol. The number of amides is 1. The SMILES string of the molecule is O=C1B=CC=N1. The molecule has 0 bridgehead atoms. The number of carbonyl (C=O) groups is 1. The minimum absolute atomic E-state index is 0.157. The van der Waals surface area contributed by atoms with Gasteiger partial charge >= 0.3 is 34.7 Å². The molecule has 1 aliphatic heterocycles. The zero-order chi connectivity index (χ0) is 4.41. The van der Waals surface area contributed by atoms with E-state index in [1.54, 1.807) is 5.97 Å². The third-order valence-electron chi connectivity index (χ3n) is 0.527. The second-order valence-electron chi connectivity index (χ2n) is 0.976. The van der Waals surface area contributed by atoms with Crippen LogP contribution in [0.5, 0.6) is 0 Å². The standard InChI is InChI=1S/C3H2BNO/c6-3-4-1-2-5-3/h1-2H. The van der Waals surface area contributed by atoms with Crippen molar-refractivity contribution in [3.63, 3.8) is 0 Å². The summed E-state index contributed by atoms with van der Waals surface area (Å²) in [5.74, 6) is 1.46. The molecule has 0 unspecified atom stereocenters. The van der Waals surface area contributed by atoms with Crippen LogP contribution in [-0.4, -0.2) is 24.9 Å². The fraction of sp³-hybridized carbons (Fsp3) is 0. The summed E-state index contributed by atoms with van der Waals surface area (Å²) in [4.78, 5) is 13.3. The van der Waals surface area contributed by atoms with Crippen molar-refractivity contribution in [2.24, 2.45) is 4.99 Å². The average Bonchev–Trinajstić information content (AvgIpc) is 1.86. The fourth-order valence-corrected chi connectivity index (χ4v) is 0.285. The Balaban J connectivity index is 2.86. The van der Waals surface area contributed by atoms with Crippen molar-refractivity contribution in [1.29, 1.82) is 0 Å². The van der Waals surface area contributed by atoms with Crippen LogP contribution < -0.4 is 0 Å². The van der Waals surface area contributed by atoms with Gasteiger partial charge < -0.3 is 0 Å². The van der Waals surface area contributed by atoms with Gasteiger partial charge in [-0.2, -0.15) is 0 Å². The summed E-state index contributed by atoms with van der Waals surface area (Å²) in [5, 5.41) is 0. The Morgan fingerprint density at radius 1 is 1.83 bits per heavy atom. The molecule has 28 valence electrons. The van der Waals surface area contributed by atoms with E-state index in [0.717, 1.165) is 0 Å². The molecule has 1 aliphatic rings. The van der Waals surface area contributed by atoms with Crippen LogP contribution in [0.2, 0.25) is 0 Å². The number of rotatable bonds is 0. The number of nitrogens with zero attached hydrogens (tertiary/aromatic N) is 1. The molecule has 0 aromatic heterocycles. The van der Waals surface area contributed by atoms with Crippen LogP contribution in [0.4, 0.5) is 4.79 Å². The van der Waals surface area contributed by atoms with Crippen LogP contribution in [0.1, 0.15) is 0 Å². The third-order valence-corrected chi connectivity index (χ3v) is 0.527. The normalized spacial score (nSPS) is 15.7. The van der Waals surface area contributed by atoms with Gasteiger partial charge in [0.05, 0.1) is 0 Å². The zero-order valence-corrected chi connectivity index (χ0v) is 3.09. The van der Waals surface area contributed by atoms with E-state index in [1.807, 2.05) is 0 Å². The van der Waals surface area contributed by atoms with Crippen LogP contribution in [0, 0.1) is 0 Å². The Labute approximate surface area is 35.8 Å². The van der Waals surface area contributed by atoms with Gasteiger partial charge in [-0.15, -0.1) is 0 Å². The summed E-state index contributed by atoms with van der Waals surface area (Å²) in [7, 11) is 0. The maximum atomic E-state index is 9.96. The number of aliphatic imine (C=N–C) groups is 1. The third kappa shape index (κ3) is 0.430. The molecule has 0 spiro atoms. The molecule has 1 rings (SSSR count). The molecule has 0 atom stereocenters. The molecular weight excluding hydrogens is 76.9 g/mol. The topological polar surface area (TPSA) is 29.4 Å². The number of carbonyl (C=O) groups excluding carboxylic acids is 1. The van der Waals surface area contributed by atoms with Gasteiger partial charge in [0.25, 0.3) is 0 Å². The fourth-order valence-electron chi connectivity index (χ4n) is 0.285. The van der Waals surface area contributed by atoms with Crippen LogP contribution in [-0.2, 0) is 0 Å². The van der Waals surface area contributed by atoms with E-state index in [4.69, 9.17) is 0 Å². The minimum atomic E-state index is -0.157. The first-order chi connectivity index (χ1) is 2.89. The summed E-state index contributed by atoms with van der Waals surface area (Å²) in [6.07, 6.45) is 1.47. The summed E-state index contributed by atoms with van der Waals surface area (Å²) in [6, 6.07) is 0. The first kappa shape index (κ1) is 3.46. The molecule has 0 radical (unpaired) electrons. The summed E-state index contributed by atoms with van der Waals surface area (Å²) in [5.41, 5.74) is 0. The number of hydrogen-bond donors (Lipinski definition) is 0. The van der Waals surface area contributed by atoms with Crippen molar-refractivity contribution in [3.8, 4) is 0 Å². The second kappa shape index (κ2) is 1.16. The molecule has 1 amide bonds. The maximum absolute atomic E-state index is 9.96. The van der Waals surface area contributed by atoms with Crippen molar-refractivity contribution in [2.45, 2.75) is 0 Å². The molecular formula is C3H2BNO. The molecule has 0 fully saturated rings. The molecule has 6 heavy (non-hydrogen) atoms. The van der Waals surface area contributed by atoms with Gasteiger partial charge in [0.2, 0.25) is 0 Å². The van der Waals surface area contributed by atoms with Gasteiger partial charge in [0.1, 0.15) is 0 Å². The van der Waals surface area contributed by atoms with Crippen LogP contribution in [0.25, 0.3) is 0 Å². The van der Waals surface area contributed by atoms with Crippen molar-refractivity contribution in [2.75, 3.05) is 0 Å². The molecule has 0 N–H and O–H groups in total. The summed E-state index contributed by atoms with van der Waals surface area (Å²) < 4.78 is 0. The predicted octanol–water partition coefficient (Wildman–Crippen LogP) is -0.303. The van der Waals surface area contributed by atoms with Crippen molar-refractivity contribution in [3.05, 3.63) is 0 Å². The van der Waals surface area contributed by atoms with Crippen molar-refractivity contribution >= 4 is 24.9 Å². The molecule has 3 heteroatoms. The van der Waals surface area contributed by atoms with Crippen molar-refractivity contribution < 1.29 is 4.79 Å². The first-order valence-corrected chi connectivity index (χ1v) is 1.64. The van der Waals surface area contributed by atoms with E-state index in [2.05, 4.69) is 4.99 Å².